The monoisotopic (exact) mass is 317 g/mol. The van der Waals surface area contributed by atoms with Crippen LogP contribution in [0, 0.1) is 6.92 Å². The number of benzene rings is 2. The minimum atomic E-state index is -3.91. The Labute approximate surface area is 128 Å². The van der Waals surface area contributed by atoms with Crippen molar-refractivity contribution in [3.63, 3.8) is 0 Å². The molecule has 5 nitrogen and oxygen atoms in total. The maximum Gasteiger partial charge on any atom is 0.327 e. The Bertz CT molecular complexity index is 827. The van der Waals surface area contributed by atoms with Crippen molar-refractivity contribution in [3.05, 3.63) is 59.7 Å². The molecule has 6 heteroatoms. The molecular formula is C16H15NO4S. The zero-order valence-corrected chi connectivity index (χ0v) is 12.7. The first-order valence-electron chi connectivity index (χ1n) is 6.83. The fourth-order valence-electron chi connectivity index (χ4n) is 2.67. The van der Waals surface area contributed by atoms with Crippen LogP contribution in [-0.4, -0.2) is 25.5 Å². The minimum absolute atomic E-state index is 0.0982. The highest BCUT2D eigenvalue weighted by Gasteiger charge is 2.42. The molecule has 1 aliphatic heterocycles. The second kappa shape index (κ2) is 5.14. The van der Waals surface area contributed by atoms with Crippen LogP contribution >= 0.6 is 0 Å². The third kappa shape index (κ3) is 2.25. The lowest BCUT2D eigenvalue weighted by Gasteiger charge is -2.24. The Kier molecular flexibility index (Phi) is 3.41. The number of sulfonamides is 1. The van der Waals surface area contributed by atoms with E-state index in [0.717, 1.165) is 15.4 Å². The van der Waals surface area contributed by atoms with Crippen LogP contribution in [0.25, 0.3) is 0 Å². The van der Waals surface area contributed by atoms with Gasteiger partial charge in [-0.3, -0.25) is 4.31 Å². The van der Waals surface area contributed by atoms with E-state index in [9.17, 15) is 18.3 Å². The molecule has 1 heterocycles. The summed E-state index contributed by atoms with van der Waals surface area (Å²) in [6.07, 6.45) is 0.177. The van der Waals surface area contributed by atoms with Gasteiger partial charge in [0.1, 0.15) is 6.04 Å². The number of aryl methyl sites for hydroxylation is 1. The van der Waals surface area contributed by atoms with Gasteiger partial charge in [0.15, 0.2) is 0 Å². The van der Waals surface area contributed by atoms with E-state index >= 15 is 0 Å². The van der Waals surface area contributed by atoms with Crippen molar-refractivity contribution in [2.75, 3.05) is 4.31 Å². The molecule has 0 aromatic heterocycles. The lowest BCUT2D eigenvalue weighted by molar-refractivity contribution is -0.138. The molecule has 0 fully saturated rings. The predicted molar refractivity (Wildman–Crippen MR) is 82.4 cm³/mol. The summed E-state index contributed by atoms with van der Waals surface area (Å²) in [6.45, 7) is 1.86. The Morgan fingerprint density at radius 3 is 2.41 bits per heavy atom. The molecular weight excluding hydrogens is 302 g/mol. The molecule has 22 heavy (non-hydrogen) atoms. The topological polar surface area (TPSA) is 74.7 Å². The minimum Gasteiger partial charge on any atom is -0.480 e. The van der Waals surface area contributed by atoms with Crippen molar-refractivity contribution in [3.8, 4) is 0 Å². The van der Waals surface area contributed by atoms with Crippen LogP contribution in [0.5, 0.6) is 0 Å². The van der Waals surface area contributed by atoms with Crippen LogP contribution < -0.4 is 4.31 Å². The normalized spacial score (nSPS) is 17.3. The molecule has 1 atom stereocenters. The first kappa shape index (κ1) is 14.6. The van der Waals surface area contributed by atoms with E-state index in [2.05, 4.69) is 0 Å². The summed E-state index contributed by atoms with van der Waals surface area (Å²) >= 11 is 0. The van der Waals surface area contributed by atoms with E-state index in [0.29, 0.717) is 5.69 Å². The highest BCUT2D eigenvalue weighted by molar-refractivity contribution is 7.93. The number of carboxylic acids is 1. The number of para-hydroxylation sites is 1. The molecule has 0 unspecified atom stereocenters. The van der Waals surface area contributed by atoms with Crippen molar-refractivity contribution in [1.29, 1.82) is 0 Å². The Morgan fingerprint density at radius 1 is 1.14 bits per heavy atom. The van der Waals surface area contributed by atoms with Gasteiger partial charge in [-0.15, -0.1) is 0 Å². The number of nitrogens with zero attached hydrogens (tertiary/aromatic N) is 1. The van der Waals surface area contributed by atoms with Crippen molar-refractivity contribution in [2.24, 2.45) is 0 Å². The molecule has 2 aromatic carbocycles. The number of carboxylic acid groups (broad SMARTS) is 1. The van der Waals surface area contributed by atoms with E-state index in [1.807, 2.05) is 6.92 Å². The quantitative estimate of drug-likeness (QED) is 0.942. The molecule has 2 aromatic rings. The molecule has 3 rings (SSSR count). The number of aliphatic carboxylic acids is 1. The van der Waals surface area contributed by atoms with Gasteiger partial charge in [-0.25, -0.2) is 13.2 Å². The molecule has 1 aliphatic rings. The molecule has 0 amide bonds. The van der Waals surface area contributed by atoms with Gasteiger partial charge in [0.25, 0.3) is 10.0 Å². The van der Waals surface area contributed by atoms with Crippen molar-refractivity contribution in [1.82, 2.24) is 0 Å². The molecule has 0 saturated carbocycles. The van der Waals surface area contributed by atoms with Gasteiger partial charge in [0.2, 0.25) is 0 Å². The average molecular weight is 317 g/mol. The molecule has 0 aliphatic carbocycles. The summed E-state index contributed by atoms with van der Waals surface area (Å²) < 4.78 is 26.8. The van der Waals surface area contributed by atoms with Gasteiger partial charge in [-0.1, -0.05) is 35.9 Å². The molecule has 1 N–H and O–H groups in total. The number of rotatable bonds is 3. The fraction of sp³-hybridized carbons (Fsp3) is 0.188. The number of fused-ring (bicyclic) bond motifs is 1. The first-order valence-corrected chi connectivity index (χ1v) is 8.27. The van der Waals surface area contributed by atoms with Crippen LogP contribution in [0.2, 0.25) is 0 Å². The summed E-state index contributed by atoms with van der Waals surface area (Å²) in [5.74, 6) is -1.15. The second-order valence-electron chi connectivity index (χ2n) is 5.30. The van der Waals surface area contributed by atoms with Crippen molar-refractivity contribution < 1.29 is 18.3 Å². The number of anilines is 1. The largest absolute Gasteiger partial charge is 0.480 e. The SMILES string of the molecule is Cc1ccc(S(=O)(=O)N2c3ccccc3C[C@@H]2C(=O)O)cc1. The smallest absolute Gasteiger partial charge is 0.327 e. The van der Waals surface area contributed by atoms with Gasteiger partial charge < -0.3 is 5.11 Å². The molecule has 114 valence electrons. The molecule has 0 radical (unpaired) electrons. The summed E-state index contributed by atoms with van der Waals surface area (Å²) in [5.41, 5.74) is 2.11. The van der Waals surface area contributed by atoms with Gasteiger partial charge in [-0.05, 0) is 30.7 Å². The van der Waals surface area contributed by atoms with E-state index < -0.39 is 22.0 Å². The molecule has 0 bridgehead atoms. The average Bonchev–Trinajstić information content (AvgIpc) is 2.88. The summed E-state index contributed by atoms with van der Waals surface area (Å²) in [5, 5.41) is 9.40. The fourth-order valence-corrected chi connectivity index (χ4v) is 4.31. The lowest BCUT2D eigenvalue weighted by Crippen LogP contribution is -2.42. The van der Waals surface area contributed by atoms with Crippen molar-refractivity contribution in [2.45, 2.75) is 24.3 Å². The standard InChI is InChI=1S/C16H15NO4S/c1-11-6-8-13(9-7-11)22(20,21)17-14-5-3-2-4-12(14)10-15(17)16(18)19/h2-9,15H,10H2,1H3,(H,18,19)/t15-/m1/s1. The maximum absolute atomic E-state index is 12.9. The van der Waals surface area contributed by atoms with Gasteiger partial charge in [0, 0.05) is 6.42 Å². The summed E-state index contributed by atoms with van der Waals surface area (Å²) in [6, 6.07) is 12.2. The highest BCUT2D eigenvalue weighted by Crippen LogP contribution is 2.36. The Morgan fingerprint density at radius 2 is 1.77 bits per heavy atom. The van der Waals surface area contributed by atoms with Gasteiger partial charge in [0.05, 0.1) is 10.6 Å². The highest BCUT2D eigenvalue weighted by atomic mass is 32.2. The Hall–Kier alpha value is -2.34. The van der Waals surface area contributed by atoms with E-state index in [1.165, 1.54) is 12.1 Å². The lowest BCUT2D eigenvalue weighted by atomic mass is 10.1. The zero-order chi connectivity index (χ0) is 15.9. The molecule has 0 spiro atoms. The zero-order valence-electron chi connectivity index (χ0n) is 11.9. The van der Waals surface area contributed by atoms with Crippen LogP contribution in [0.3, 0.4) is 0 Å². The number of hydrogen-bond acceptors (Lipinski definition) is 3. The van der Waals surface area contributed by atoms with E-state index in [1.54, 1.807) is 36.4 Å². The third-order valence-corrected chi connectivity index (χ3v) is 5.63. The number of hydrogen-bond donors (Lipinski definition) is 1. The van der Waals surface area contributed by atoms with Crippen LogP contribution in [-0.2, 0) is 21.2 Å². The molecule has 0 saturated heterocycles. The first-order chi connectivity index (χ1) is 10.4. The predicted octanol–water partition coefficient (Wildman–Crippen LogP) is 2.20. The van der Waals surface area contributed by atoms with Crippen LogP contribution in [0.4, 0.5) is 5.69 Å². The third-order valence-electron chi connectivity index (χ3n) is 3.79. The van der Waals surface area contributed by atoms with Crippen LogP contribution in [0.15, 0.2) is 53.4 Å². The summed E-state index contributed by atoms with van der Waals surface area (Å²) in [4.78, 5) is 11.6. The Balaban J connectivity index is 2.14. The van der Waals surface area contributed by atoms with Crippen molar-refractivity contribution >= 4 is 21.7 Å². The van der Waals surface area contributed by atoms with Gasteiger partial charge in [-0.2, -0.15) is 0 Å². The summed E-state index contributed by atoms with van der Waals surface area (Å²) in [7, 11) is -3.91. The maximum atomic E-state index is 12.9. The number of carbonyl (C=O) groups is 1. The van der Waals surface area contributed by atoms with Crippen LogP contribution in [0.1, 0.15) is 11.1 Å². The van der Waals surface area contributed by atoms with E-state index in [4.69, 9.17) is 0 Å². The second-order valence-corrected chi connectivity index (χ2v) is 7.12. The van der Waals surface area contributed by atoms with E-state index in [-0.39, 0.29) is 11.3 Å². The van der Waals surface area contributed by atoms with Gasteiger partial charge >= 0.3 is 5.97 Å².